The normalized spacial score (nSPS) is 42.6. The van der Waals surface area contributed by atoms with Crippen molar-refractivity contribution in [3.8, 4) is 0 Å². The third kappa shape index (κ3) is 1.24. The zero-order chi connectivity index (χ0) is 7.90. The third-order valence-electron chi connectivity index (χ3n) is 2.95. The van der Waals surface area contributed by atoms with E-state index in [0.29, 0.717) is 11.7 Å². The molecular weight excluding hydrogens is 136 g/mol. The van der Waals surface area contributed by atoms with E-state index in [2.05, 4.69) is 19.1 Å². The fourth-order valence-corrected chi connectivity index (χ4v) is 2.20. The van der Waals surface area contributed by atoms with Crippen LogP contribution in [0.3, 0.4) is 0 Å². The minimum absolute atomic E-state index is 0.212. The molecule has 60 valence electrons. The van der Waals surface area contributed by atoms with Crippen molar-refractivity contribution >= 4 is 5.78 Å². The Morgan fingerprint density at radius 1 is 1.64 bits per heavy atom. The molecule has 3 aliphatic carbocycles. The Kier molecular flexibility index (Phi) is 1.41. The molecule has 3 aliphatic rings. The quantitative estimate of drug-likeness (QED) is 0.484. The average Bonchev–Trinajstić information content (AvgIpc) is 2.14. The molecule has 1 nitrogen and oxygen atoms in total. The van der Waals surface area contributed by atoms with E-state index in [1.54, 1.807) is 0 Å². The van der Waals surface area contributed by atoms with E-state index in [9.17, 15) is 4.79 Å². The van der Waals surface area contributed by atoms with Crippen molar-refractivity contribution in [1.29, 1.82) is 0 Å². The van der Waals surface area contributed by atoms with Crippen molar-refractivity contribution in [3.05, 3.63) is 12.2 Å². The first-order chi connectivity index (χ1) is 5.18. The number of hydrogen-bond donors (Lipinski definition) is 0. The van der Waals surface area contributed by atoms with Gasteiger partial charge in [0.15, 0.2) is 0 Å². The molecule has 0 aliphatic heterocycles. The van der Waals surface area contributed by atoms with Crippen LogP contribution in [0.5, 0.6) is 0 Å². The number of carbonyl (C=O) groups is 1. The number of ketones is 1. The summed E-state index contributed by atoms with van der Waals surface area (Å²) in [6.45, 7) is 2.20. The van der Waals surface area contributed by atoms with Gasteiger partial charge in [-0.15, -0.1) is 0 Å². The Morgan fingerprint density at radius 3 is 3.09 bits per heavy atom. The zero-order valence-corrected chi connectivity index (χ0v) is 6.97. The first-order valence-corrected chi connectivity index (χ1v) is 4.39. The van der Waals surface area contributed by atoms with E-state index < -0.39 is 0 Å². The number of allylic oxidation sites excluding steroid dienone is 2. The lowest BCUT2D eigenvalue weighted by Crippen LogP contribution is -2.16. The maximum Gasteiger partial charge on any atom is 0.134 e. The van der Waals surface area contributed by atoms with E-state index in [-0.39, 0.29) is 5.41 Å². The summed E-state index contributed by atoms with van der Waals surface area (Å²) in [5, 5.41) is 0. The first-order valence-electron chi connectivity index (χ1n) is 4.39. The van der Waals surface area contributed by atoms with E-state index in [0.717, 1.165) is 12.8 Å². The summed E-state index contributed by atoms with van der Waals surface area (Å²) in [7, 11) is 0. The molecule has 0 aromatic heterocycles. The van der Waals surface area contributed by atoms with Gasteiger partial charge < -0.3 is 0 Å². The van der Waals surface area contributed by atoms with Gasteiger partial charge in [0.2, 0.25) is 0 Å². The smallest absolute Gasteiger partial charge is 0.134 e. The molecule has 11 heavy (non-hydrogen) atoms. The van der Waals surface area contributed by atoms with Gasteiger partial charge >= 0.3 is 0 Å². The molecule has 0 spiro atoms. The second-order valence-electron chi connectivity index (χ2n) is 4.23. The van der Waals surface area contributed by atoms with Crippen molar-refractivity contribution in [1.82, 2.24) is 0 Å². The fourth-order valence-electron chi connectivity index (χ4n) is 2.20. The third-order valence-corrected chi connectivity index (χ3v) is 2.95. The molecule has 2 bridgehead atoms. The molecule has 0 amide bonds. The Hall–Kier alpha value is -0.590. The van der Waals surface area contributed by atoms with Gasteiger partial charge in [0.05, 0.1) is 0 Å². The lowest BCUT2D eigenvalue weighted by atomic mass is 9.78. The van der Waals surface area contributed by atoms with Crippen molar-refractivity contribution in [2.75, 3.05) is 0 Å². The Morgan fingerprint density at radius 2 is 2.45 bits per heavy atom. The number of rotatable bonds is 0. The van der Waals surface area contributed by atoms with Gasteiger partial charge in [0.25, 0.3) is 0 Å². The van der Waals surface area contributed by atoms with Crippen molar-refractivity contribution in [2.24, 2.45) is 11.3 Å². The highest BCUT2D eigenvalue weighted by Crippen LogP contribution is 2.41. The van der Waals surface area contributed by atoms with Crippen LogP contribution < -0.4 is 0 Å². The van der Waals surface area contributed by atoms with Gasteiger partial charge in [-0.3, -0.25) is 4.79 Å². The van der Waals surface area contributed by atoms with Crippen LogP contribution in [-0.2, 0) is 4.79 Å². The molecule has 0 radical (unpaired) electrons. The van der Waals surface area contributed by atoms with Gasteiger partial charge in [-0.05, 0) is 24.2 Å². The maximum absolute atomic E-state index is 11.3. The van der Waals surface area contributed by atoms with Gasteiger partial charge in [-0.2, -0.15) is 0 Å². The number of Topliss-reactive ketones (excluding diaryl/α,β-unsaturated/α-hetero) is 1. The Bertz CT molecular complexity index is 217. The number of hydrogen-bond acceptors (Lipinski definition) is 1. The standard InChI is InChI=1S/C10H14O/c1-10-4-2-8(3-5-10)6-9(11)7-10/h2,4,8H,3,5-7H2,1H3/t8-,10+/m0/s1. The van der Waals surface area contributed by atoms with Crippen molar-refractivity contribution in [2.45, 2.75) is 32.6 Å². The second-order valence-corrected chi connectivity index (χ2v) is 4.23. The molecule has 0 aromatic carbocycles. The molecule has 1 saturated carbocycles. The number of carbonyl (C=O) groups excluding carboxylic acids is 1. The van der Waals surface area contributed by atoms with Crippen LogP contribution in [0.2, 0.25) is 0 Å². The summed E-state index contributed by atoms with van der Waals surface area (Å²) in [6, 6.07) is 0. The molecule has 0 heterocycles. The van der Waals surface area contributed by atoms with E-state index in [4.69, 9.17) is 0 Å². The monoisotopic (exact) mass is 150 g/mol. The summed E-state index contributed by atoms with van der Waals surface area (Å²) in [5.74, 6) is 1.03. The van der Waals surface area contributed by atoms with Crippen LogP contribution in [0, 0.1) is 11.3 Å². The van der Waals surface area contributed by atoms with Crippen LogP contribution in [0.25, 0.3) is 0 Å². The predicted molar refractivity (Wildman–Crippen MR) is 44.2 cm³/mol. The summed E-state index contributed by atoms with van der Waals surface area (Å²) >= 11 is 0. The lowest BCUT2D eigenvalue weighted by molar-refractivity contribution is -0.120. The minimum atomic E-state index is 0.212. The minimum Gasteiger partial charge on any atom is -0.300 e. The van der Waals surface area contributed by atoms with Crippen LogP contribution in [0.1, 0.15) is 32.6 Å². The highest BCUT2D eigenvalue weighted by atomic mass is 16.1. The summed E-state index contributed by atoms with van der Waals surface area (Å²) in [4.78, 5) is 11.3. The molecule has 0 aromatic rings. The molecular formula is C10H14O. The van der Waals surface area contributed by atoms with Gasteiger partial charge in [0, 0.05) is 12.8 Å². The fraction of sp³-hybridized carbons (Fsp3) is 0.700. The van der Waals surface area contributed by atoms with E-state index >= 15 is 0 Å². The molecule has 0 N–H and O–H groups in total. The molecule has 1 heteroatoms. The van der Waals surface area contributed by atoms with Crippen LogP contribution >= 0.6 is 0 Å². The summed E-state index contributed by atoms with van der Waals surface area (Å²) in [5.41, 5.74) is 0.212. The van der Waals surface area contributed by atoms with Crippen LogP contribution in [0.4, 0.5) is 0 Å². The second kappa shape index (κ2) is 2.20. The lowest BCUT2D eigenvalue weighted by Gasteiger charge is -2.26. The Labute approximate surface area is 67.5 Å². The molecule has 1 fully saturated rings. The van der Waals surface area contributed by atoms with Gasteiger partial charge in [-0.25, -0.2) is 0 Å². The van der Waals surface area contributed by atoms with Crippen molar-refractivity contribution in [3.63, 3.8) is 0 Å². The summed E-state index contributed by atoms with van der Waals surface area (Å²) < 4.78 is 0. The van der Waals surface area contributed by atoms with E-state index in [1.807, 2.05) is 0 Å². The molecule has 3 rings (SSSR count). The van der Waals surface area contributed by atoms with E-state index in [1.165, 1.54) is 12.8 Å². The molecule has 0 saturated heterocycles. The highest BCUT2D eigenvalue weighted by Gasteiger charge is 2.33. The largest absolute Gasteiger partial charge is 0.300 e. The topological polar surface area (TPSA) is 17.1 Å². The van der Waals surface area contributed by atoms with Gasteiger partial charge in [0.1, 0.15) is 5.78 Å². The van der Waals surface area contributed by atoms with Crippen LogP contribution in [0.15, 0.2) is 12.2 Å². The SMILES string of the molecule is C[C@@]12C=C[C@@H](CC1)CC(=O)C2. The summed E-state index contributed by atoms with van der Waals surface area (Å²) in [6.07, 6.45) is 8.51. The van der Waals surface area contributed by atoms with Gasteiger partial charge in [-0.1, -0.05) is 19.1 Å². The average molecular weight is 150 g/mol. The molecule has 2 atom stereocenters. The van der Waals surface area contributed by atoms with Crippen LogP contribution in [-0.4, -0.2) is 5.78 Å². The first kappa shape index (κ1) is 7.08. The number of fused-ring (bicyclic) bond motifs is 3. The highest BCUT2D eigenvalue weighted by molar-refractivity contribution is 5.80. The zero-order valence-electron chi connectivity index (χ0n) is 6.97. The van der Waals surface area contributed by atoms with Crippen molar-refractivity contribution < 1.29 is 4.79 Å². The Balaban J connectivity index is 2.30. The maximum atomic E-state index is 11.3. The molecule has 0 unspecified atom stereocenters. The predicted octanol–water partition coefficient (Wildman–Crippen LogP) is 2.32.